The van der Waals surface area contributed by atoms with Gasteiger partial charge >= 0.3 is 0 Å². The number of hydrogen-bond acceptors (Lipinski definition) is 5. The average Bonchev–Trinajstić information content (AvgIpc) is 2.61. The van der Waals surface area contributed by atoms with Gasteiger partial charge in [-0.25, -0.2) is 13.1 Å². The summed E-state index contributed by atoms with van der Waals surface area (Å²) in [7, 11) is -1.81. The predicted octanol–water partition coefficient (Wildman–Crippen LogP) is 1.17. The minimum Gasteiger partial charge on any atom is -0.491 e. The summed E-state index contributed by atoms with van der Waals surface area (Å²) in [6.07, 6.45) is 0.0120. The summed E-state index contributed by atoms with van der Waals surface area (Å²) in [5.41, 5.74) is 1.08. The molecule has 0 bridgehead atoms. The summed E-state index contributed by atoms with van der Waals surface area (Å²) in [6.45, 7) is 0.904. The number of sulfonamides is 1. The molecule has 2 aromatic carbocycles. The summed E-state index contributed by atoms with van der Waals surface area (Å²) < 4.78 is 32.6. The summed E-state index contributed by atoms with van der Waals surface area (Å²) in [5.74, 6) is 0.512. The maximum atomic E-state index is 12.3. The van der Waals surface area contributed by atoms with Crippen LogP contribution >= 0.6 is 0 Å². The van der Waals surface area contributed by atoms with Gasteiger partial charge in [0.15, 0.2) is 0 Å². The second-order valence-corrected chi connectivity index (χ2v) is 7.39. The van der Waals surface area contributed by atoms with Crippen molar-refractivity contribution >= 4 is 10.0 Å². The van der Waals surface area contributed by atoms with Gasteiger partial charge in [0.2, 0.25) is 10.0 Å². The predicted molar refractivity (Wildman–Crippen MR) is 97.2 cm³/mol. The van der Waals surface area contributed by atoms with Gasteiger partial charge in [-0.1, -0.05) is 30.3 Å². The van der Waals surface area contributed by atoms with Crippen LogP contribution in [0.2, 0.25) is 0 Å². The first kappa shape index (κ1) is 19.4. The molecule has 6 nitrogen and oxygen atoms in total. The van der Waals surface area contributed by atoms with Gasteiger partial charge in [-0.15, -0.1) is 0 Å². The van der Waals surface area contributed by atoms with Gasteiger partial charge in [-0.3, -0.25) is 0 Å². The number of aliphatic hydroxyl groups is 1. The fourth-order valence-electron chi connectivity index (χ4n) is 2.26. The third kappa shape index (κ3) is 6.47. The maximum absolute atomic E-state index is 12.3. The highest BCUT2D eigenvalue weighted by atomic mass is 32.2. The molecule has 0 saturated heterocycles. The Bertz CT molecular complexity index is 733. The molecule has 0 aliphatic heterocycles. The molecule has 0 fully saturated rings. The molecular formula is C18H24N2O4S. The van der Waals surface area contributed by atoms with Crippen LogP contribution in [-0.2, 0) is 16.4 Å². The normalized spacial score (nSPS) is 12.7. The number of rotatable bonds is 10. The lowest BCUT2D eigenvalue weighted by Gasteiger charge is -2.12. The van der Waals surface area contributed by atoms with Crippen LogP contribution in [-0.4, -0.2) is 46.4 Å². The Morgan fingerprint density at radius 3 is 2.40 bits per heavy atom. The standard InChI is InChI=1S/C18H24N2O4S/c1-19-13-16(21)14-24-17-7-9-18(10-8-17)25(22,23)20-12-11-15-5-3-2-4-6-15/h2-10,16,19-21H,11-14H2,1H3. The van der Waals surface area contributed by atoms with Gasteiger partial charge in [0, 0.05) is 13.1 Å². The van der Waals surface area contributed by atoms with Crippen molar-refractivity contribution in [1.29, 1.82) is 0 Å². The number of nitrogens with one attached hydrogen (secondary N) is 2. The van der Waals surface area contributed by atoms with E-state index in [9.17, 15) is 13.5 Å². The molecular weight excluding hydrogens is 340 g/mol. The fraction of sp³-hybridized carbons (Fsp3) is 0.333. The highest BCUT2D eigenvalue weighted by Crippen LogP contribution is 2.16. The Morgan fingerprint density at radius 2 is 1.76 bits per heavy atom. The van der Waals surface area contributed by atoms with Crippen LogP contribution in [0.25, 0.3) is 0 Å². The average molecular weight is 364 g/mol. The molecule has 0 saturated carbocycles. The zero-order valence-electron chi connectivity index (χ0n) is 14.2. The Labute approximate surface area is 148 Å². The Hall–Kier alpha value is -1.93. The lowest BCUT2D eigenvalue weighted by Crippen LogP contribution is -2.29. The van der Waals surface area contributed by atoms with Crippen molar-refractivity contribution in [1.82, 2.24) is 10.0 Å². The number of benzene rings is 2. The van der Waals surface area contributed by atoms with E-state index in [0.717, 1.165) is 5.56 Å². The minimum atomic E-state index is -3.55. The van der Waals surface area contributed by atoms with Crippen LogP contribution in [0.3, 0.4) is 0 Å². The molecule has 0 spiro atoms. The Morgan fingerprint density at radius 1 is 1.08 bits per heavy atom. The second kappa shape index (κ2) is 9.53. The van der Waals surface area contributed by atoms with Gasteiger partial charge < -0.3 is 15.2 Å². The first-order valence-electron chi connectivity index (χ1n) is 8.10. The summed E-state index contributed by atoms with van der Waals surface area (Å²) in [4.78, 5) is 0.184. The highest BCUT2D eigenvalue weighted by Gasteiger charge is 2.13. The van der Waals surface area contributed by atoms with Crippen molar-refractivity contribution in [3.05, 3.63) is 60.2 Å². The van der Waals surface area contributed by atoms with Crippen molar-refractivity contribution in [3.63, 3.8) is 0 Å². The monoisotopic (exact) mass is 364 g/mol. The van der Waals surface area contributed by atoms with E-state index in [4.69, 9.17) is 4.74 Å². The summed E-state index contributed by atoms with van der Waals surface area (Å²) in [6, 6.07) is 15.8. The van der Waals surface area contributed by atoms with Crippen molar-refractivity contribution in [2.75, 3.05) is 26.7 Å². The van der Waals surface area contributed by atoms with Gasteiger partial charge in [0.05, 0.1) is 4.90 Å². The topological polar surface area (TPSA) is 87.7 Å². The first-order chi connectivity index (χ1) is 12.0. The van der Waals surface area contributed by atoms with E-state index in [0.29, 0.717) is 25.3 Å². The SMILES string of the molecule is CNCC(O)COc1ccc(S(=O)(=O)NCCc2ccccc2)cc1. The van der Waals surface area contributed by atoms with Crippen LogP contribution in [0, 0.1) is 0 Å². The van der Waals surface area contributed by atoms with Gasteiger partial charge in [0.25, 0.3) is 0 Å². The van der Waals surface area contributed by atoms with Crippen molar-refractivity contribution in [2.45, 2.75) is 17.4 Å². The second-order valence-electron chi connectivity index (χ2n) is 5.63. The molecule has 25 heavy (non-hydrogen) atoms. The quantitative estimate of drug-likeness (QED) is 0.589. The summed E-state index contributed by atoms with van der Waals surface area (Å²) >= 11 is 0. The van der Waals surface area contributed by atoms with E-state index in [2.05, 4.69) is 10.0 Å². The number of ether oxygens (including phenoxy) is 1. The smallest absolute Gasteiger partial charge is 0.240 e. The van der Waals surface area contributed by atoms with E-state index >= 15 is 0 Å². The van der Waals surface area contributed by atoms with Crippen molar-refractivity contribution in [2.24, 2.45) is 0 Å². The van der Waals surface area contributed by atoms with Gasteiger partial charge in [-0.05, 0) is 43.3 Å². The molecule has 136 valence electrons. The van der Waals surface area contributed by atoms with Crippen LogP contribution in [0.4, 0.5) is 0 Å². The number of likely N-dealkylation sites (N-methyl/N-ethyl adjacent to an activating group) is 1. The van der Waals surface area contributed by atoms with E-state index in [1.54, 1.807) is 19.2 Å². The Kier molecular flexibility index (Phi) is 7.39. The van der Waals surface area contributed by atoms with Gasteiger partial charge in [0.1, 0.15) is 18.5 Å². The van der Waals surface area contributed by atoms with E-state index in [-0.39, 0.29) is 11.5 Å². The molecule has 1 unspecified atom stereocenters. The highest BCUT2D eigenvalue weighted by molar-refractivity contribution is 7.89. The van der Waals surface area contributed by atoms with Crippen LogP contribution in [0.5, 0.6) is 5.75 Å². The molecule has 0 heterocycles. The molecule has 0 aliphatic rings. The van der Waals surface area contributed by atoms with Crippen LogP contribution < -0.4 is 14.8 Å². The van der Waals surface area contributed by atoms with Crippen molar-refractivity contribution < 1.29 is 18.3 Å². The molecule has 2 aromatic rings. The Balaban J connectivity index is 1.86. The minimum absolute atomic E-state index is 0.141. The molecule has 1 atom stereocenters. The van der Waals surface area contributed by atoms with E-state index in [1.807, 2.05) is 30.3 Å². The zero-order valence-corrected chi connectivity index (χ0v) is 15.0. The lowest BCUT2D eigenvalue weighted by molar-refractivity contribution is 0.108. The zero-order chi connectivity index (χ0) is 18.1. The molecule has 0 amide bonds. The third-order valence-electron chi connectivity index (χ3n) is 3.56. The third-order valence-corrected chi connectivity index (χ3v) is 5.04. The number of hydrogen-bond donors (Lipinski definition) is 3. The molecule has 0 aromatic heterocycles. The largest absolute Gasteiger partial charge is 0.491 e. The lowest BCUT2D eigenvalue weighted by atomic mass is 10.2. The summed E-state index contributed by atoms with van der Waals surface area (Å²) in [5, 5.41) is 12.4. The van der Waals surface area contributed by atoms with Crippen molar-refractivity contribution in [3.8, 4) is 5.75 Å². The fourth-order valence-corrected chi connectivity index (χ4v) is 3.29. The molecule has 7 heteroatoms. The van der Waals surface area contributed by atoms with Crippen LogP contribution in [0.15, 0.2) is 59.5 Å². The van der Waals surface area contributed by atoms with E-state index < -0.39 is 16.1 Å². The van der Waals surface area contributed by atoms with Gasteiger partial charge in [-0.2, -0.15) is 0 Å². The molecule has 0 radical (unpaired) electrons. The molecule has 0 aliphatic carbocycles. The molecule has 2 rings (SSSR count). The first-order valence-corrected chi connectivity index (χ1v) is 9.58. The van der Waals surface area contributed by atoms with Crippen LogP contribution in [0.1, 0.15) is 5.56 Å². The van der Waals surface area contributed by atoms with E-state index in [1.165, 1.54) is 12.1 Å². The number of aliphatic hydroxyl groups excluding tert-OH is 1. The maximum Gasteiger partial charge on any atom is 0.240 e. The molecule has 3 N–H and O–H groups in total.